The van der Waals surface area contributed by atoms with Gasteiger partial charge in [-0.25, -0.2) is 14.6 Å². The van der Waals surface area contributed by atoms with Gasteiger partial charge in [0, 0.05) is 31.4 Å². The van der Waals surface area contributed by atoms with Crippen LogP contribution in [0.25, 0.3) is 0 Å². The fourth-order valence-corrected chi connectivity index (χ4v) is 2.01. The molecule has 1 aliphatic rings. The van der Waals surface area contributed by atoms with Crippen molar-refractivity contribution in [2.24, 2.45) is 0 Å². The number of carbonyl (C=O) groups is 2. The molecule has 1 atom stereocenters. The topological polar surface area (TPSA) is 98.3 Å². The summed E-state index contributed by atoms with van der Waals surface area (Å²) in [7, 11) is 1.70. The lowest BCUT2D eigenvalue weighted by molar-refractivity contribution is -0.139. The third kappa shape index (κ3) is 3.24. The van der Waals surface area contributed by atoms with E-state index in [1.54, 1.807) is 18.1 Å². The molecule has 104 valence electrons. The number of imidazole rings is 1. The Kier molecular flexibility index (Phi) is 4.03. The van der Waals surface area contributed by atoms with Crippen molar-refractivity contribution >= 4 is 12.0 Å². The summed E-state index contributed by atoms with van der Waals surface area (Å²) in [6.07, 6.45) is 6.33. The number of hydrogen-bond acceptors (Lipinski definition) is 3. The second-order valence-electron chi connectivity index (χ2n) is 4.82. The van der Waals surface area contributed by atoms with Crippen LogP contribution < -0.4 is 5.32 Å². The number of aromatic nitrogens is 2. The number of hydrogen-bond donors (Lipinski definition) is 3. The highest BCUT2D eigenvalue weighted by molar-refractivity contribution is 5.82. The van der Waals surface area contributed by atoms with E-state index in [4.69, 9.17) is 5.11 Å². The maximum absolute atomic E-state index is 11.9. The number of nitrogens with zero attached hydrogens (tertiary/aromatic N) is 2. The van der Waals surface area contributed by atoms with Crippen molar-refractivity contribution in [1.82, 2.24) is 20.2 Å². The quantitative estimate of drug-likeness (QED) is 0.726. The van der Waals surface area contributed by atoms with Crippen LogP contribution in [0.5, 0.6) is 0 Å². The predicted molar refractivity (Wildman–Crippen MR) is 67.6 cm³/mol. The summed E-state index contributed by atoms with van der Waals surface area (Å²) < 4.78 is 0. The minimum atomic E-state index is -1.05. The van der Waals surface area contributed by atoms with Crippen LogP contribution in [0.2, 0.25) is 0 Å². The lowest BCUT2D eigenvalue weighted by Crippen LogP contribution is -2.52. The summed E-state index contributed by atoms with van der Waals surface area (Å²) >= 11 is 0. The Morgan fingerprint density at radius 3 is 2.84 bits per heavy atom. The minimum Gasteiger partial charge on any atom is -0.480 e. The first kappa shape index (κ1) is 13.4. The minimum absolute atomic E-state index is 0.194. The Hall–Kier alpha value is -2.05. The maximum Gasteiger partial charge on any atom is 0.326 e. The van der Waals surface area contributed by atoms with Gasteiger partial charge in [-0.15, -0.1) is 0 Å². The number of carboxylic acid groups (broad SMARTS) is 1. The second kappa shape index (κ2) is 5.73. The van der Waals surface area contributed by atoms with E-state index in [1.807, 2.05) is 0 Å². The van der Waals surface area contributed by atoms with E-state index in [0.29, 0.717) is 5.69 Å². The summed E-state index contributed by atoms with van der Waals surface area (Å²) in [5.41, 5.74) is 0.680. The molecule has 3 N–H and O–H groups in total. The van der Waals surface area contributed by atoms with E-state index in [9.17, 15) is 9.59 Å². The van der Waals surface area contributed by atoms with E-state index >= 15 is 0 Å². The van der Waals surface area contributed by atoms with E-state index < -0.39 is 12.0 Å². The van der Waals surface area contributed by atoms with E-state index in [2.05, 4.69) is 15.3 Å². The van der Waals surface area contributed by atoms with Crippen LogP contribution in [0.15, 0.2) is 12.5 Å². The number of aromatic amines is 1. The van der Waals surface area contributed by atoms with Crippen molar-refractivity contribution in [3.05, 3.63) is 18.2 Å². The molecule has 0 unspecified atom stereocenters. The lowest BCUT2D eigenvalue weighted by atomic mass is 9.92. The molecule has 1 fully saturated rings. The van der Waals surface area contributed by atoms with Crippen LogP contribution in [-0.4, -0.2) is 51.1 Å². The number of amides is 2. The third-order valence-electron chi connectivity index (χ3n) is 3.52. The molecular formula is C12H18N4O3. The summed E-state index contributed by atoms with van der Waals surface area (Å²) in [6.45, 7) is 0. The zero-order valence-electron chi connectivity index (χ0n) is 10.8. The zero-order chi connectivity index (χ0) is 13.8. The van der Waals surface area contributed by atoms with Gasteiger partial charge >= 0.3 is 12.0 Å². The molecule has 0 saturated heterocycles. The number of nitrogens with one attached hydrogen (secondary N) is 2. The Morgan fingerprint density at radius 2 is 2.37 bits per heavy atom. The van der Waals surface area contributed by atoms with Crippen molar-refractivity contribution in [1.29, 1.82) is 0 Å². The zero-order valence-corrected chi connectivity index (χ0v) is 10.8. The number of carbonyl (C=O) groups excluding carboxylic acids is 1. The summed E-state index contributed by atoms with van der Waals surface area (Å²) in [5, 5.41) is 11.7. The van der Waals surface area contributed by atoms with Crippen LogP contribution in [0.1, 0.15) is 25.0 Å². The summed E-state index contributed by atoms with van der Waals surface area (Å²) in [6, 6.07) is -1.05. The standard InChI is InChI=1S/C12H18N4O3/c1-16(9-3-2-4-9)12(19)15-10(11(17)18)5-8-6-13-7-14-8/h6-7,9-10H,2-5H2,1H3,(H,13,14)(H,15,19)(H,17,18)/t10-/m0/s1. The van der Waals surface area contributed by atoms with Gasteiger partial charge in [-0.3, -0.25) is 0 Å². The molecule has 0 aliphatic heterocycles. The van der Waals surface area contributed by atoms with Crippen LogP contribution in [-0.2, 0) is 11.2 Å². The van der Waals surface area contributed by atoms with Crippen molar-refractivity contribution < 1.29 is 14.7 Å². The molecule has 1 aromatic heterocycles. The molecule has 2 rings (SSSR count). The monoisotopic (exact) mass is 266 g/mol. The van der Waals surface area contributed by atoms with Gasteiger partial charge in [0.05, 0.1) is 6.33 Å². The number of aliphatic carboxylic acids is 1. The number of urea groups is 1. The van der Waals surface area contributed by atoms with Gasteiger partial charge in [-0.1, -0.05) is 0 Å². The molecule has 1 aromatic rings. The van der Waals surface area contributed by atoms with Crippen molar-refractivity contribution in [2.45, 2.75) is 37.8 Å². The Balaban J connectivity index is 1.92. The molecule has 1 aliphatic carbocycles. The molecule has 0 aromatic carbocycles. The van der Waals surface area contributed by atoms with E-state index in [0.717, 1.165) is 19.3 Å². The molecular weight excluding hydrogens is 248 g/mol. The largest absolute Gasteiger partial charge is 0.480 e. The molecule has 1 saturated carbocycles. The van der Waals surface area contributed by atoms with Crippen molar-refractivity contribution in [2.75, 3.05) is 7.05 Å². The second-order valence-corrected chi connectivity index (χ2v) is 4.82. The molecule has 0 bridgehead atoms. The van der Waals surface area contributed by atoms with Crippen LogP contribution in [0.4, 0.5) is 4.79 Å². The van der Waals surface area contributed by atoms with Crippen molar-refractivity contribution in [3.63, 3.8) is 0 Å². The van der Waals surface area contributed by atoms with Crippen molar-refractivity contribution in [3.8, 4) is 0 Å². The summed E-state index contributed by atoms with van der Waals surface area (Å²) in [5.74, 6) is -1.05. The summed E-state index contributed by atoms with van der Waals surface area (Å²) in [4.78, 5) is 31.4. The maximum atomic E-state index is 11.9. The predicted octanol–water partition coefficient (Wildman–Crippen LogP) is 0.599. The first-order chi connectivity index (χ1) is 9.08. The molecule has 0 radical (unpaired) electrons. The van der Waals surface area contributed by atoms with Gasteiger partial charge in [-0.05, 0) is 19.3 Å². The fraction of sp³-hybridized carbons (Fsp3) is 0.583. The fourth-order valence-electron chi connectivity index (χ4n) is 2.01. The average Bonchev–Trinajstić information content (AvgIpc) is 2.78. The molecule has 1 heterocycles. The van der Waals surface area contributed by atoms with Crippen LogP contribution in [0, 0.1) is 0 Å². The van der Waals surface area contributed by atoms with Gasteiger partial charge in [0.1, 0.15) is 6.04 Å². The molecule has 7 heteroatoms. The van der Waals surface area contributed by atoms with Crippen LogP contribution in [0.3, 0.4) is 0 Å². The highest BCUT2D eigenvalue weighted by Gasteiger charge is 2.28. The molecule has 19 heavy (non-hydrogen) atoms. The molecule has 2 amide bonds. The van der Waals surface area contributed by atoms with Crippen LogP contribution >= 0.6 is 0 Å². The van der Waals surface area contributed by atoms with Gasteiger partial charge in [0.2, 0.25) is 0 Å². The Morgan fingerprint density at radius 1 is 1.63 bits per heavy atom. The van der Waals surface area contributed by atoms with Gasteiger partial charge in [0.15, 0.2) is 0 Å². The van der Waals surface area contributed by atoms with Gasteiger partial charge in [0.25, 0.3) is 0 Å². The van der Waals surface area contributed by atoms with Gasteiger partial charge in [-0.2, -0.15) is 0 Å². The molecule has 0 spiro atoms. The first-order valence-electron chi connectivity index (χ1n) is 6.31. The first-order valence-corrected chi connectivity index (χ1v) is 6.31. The Labute approximate surface area is 111 Å². The smallest absolute Gasteiger partial charge is 0.326 e. The number of H-pyrrole nitrogens is 1. The van der Waals surface area contributed by atoms with E-state index in [-0.39, 0.29) is 18.5 Å². The number of rotatable bonds is 5. The van der Waals surface area contributed by atoms with E-state index in [1.165, 1.54) is 6.33 Å². The average molecular weight is 266 g/mol. The molecule has 7 nitrogen and oxygen atoms in total. The van der Waals surface area contributed by atoms with Gasteiger partial charge < -0.3 is 20.3 Å². The lowest BCUT2D eigenvalue weighted by Gasteiger charge is -2.35. The third-order valence-corrected chi connectivity index (χ3v) is 3.52. The highest BCUT2D eigenvalue weighted by Crippen LogP contribution is 2.23. The Bertz CT molecular complexity index is 442. The SMILES string of the molecule is CN(C(=O)N[C@@H](Cc1cnc[nH]1)C(=O)O)C1CCC1. The normalized spacial score (nSPS) is 16.5. The highest BCUT2D eigenvalue weighted by atomic mass is 16.4. The number of carboxylic acids is 1.